The first-order valence-corrected chi connectivity index (χ1v) is 13.8. The number of hydrogen-bond donors (Lipinski definition) is 1. The van der Waals surface area contributed by atoms with Crippen LogP contribution in [0, 0.1) is 6.92 Å². The summed E-state index contributed by atoms with van der Waals surface area (Å²) in [5, 5.41) is 6.73. The van der Waals surface area contributed by atoms with Crippen LogP contribution in [-0.2, 0) is 16.0 Å². The fraction of sp³-hybridized carbons (Fsp3) is 0.655. The average molecular weight is 516 g/mol. The minimum Gasteiger partial charge on any atom is -0.373 e. The van der Waals surface area contributed by atoms with Crippen molar-refractivity contribution in [2.45, 2.75) is 108 Å². The van der Waals surface area contributed by atoms with Crippen molar-refractivity contribution in [3.8, 4) is 11.3 Å². The van der Waals surface area contributed by atoms with E-state index in [1.807, 2.05) is 31.2 Å². The van der Waals surface area contributed by atoms with Gasteiger partial charge < -0.3 is 19.5 Å². The number of piperidine rings is 1. The van der Waals surface area contributed by atoms with E-state index >= 15 is 8.78 Å². The molecule has 3 fully saturated rings. The molecule has 0 unspecified atom stereocenters. The Morgan fingerprint density at radius 1 is 1.22 bits per heavy atom. The van der Waals surface area contributed by atoms with E-state index in [1.54, 1.807) is 0 Å². The maximum absolute atomic E-state index is 15.1. The molecule has 0 bridgehead atoms. The van der Waals surface area contributed by atoms with Gasteiger partial charge in [-0.1, -0.05) is 23.4 Å². The number of alkyl halides is 2. The van der Waals surface area contributed by atoms with E-state index in [-0.39, 0.29) is 24.9 Å². The zero-order valence-corrected chi connectivity index (χ0v) is 22.1. The Bertz CT molecular complexity index is 1090. The van der Waals surface area contributed by atoms with Gasteiger partial charge in [-0.15, -0.1) is 0 Å². The van der Waals surface area contributed by atoms with Crippen LogP contribution in [0.25, 0.3) is 11.3 Å². The predicted octanol–water partition coefficient (Wildman–Crippen LogP) is 5.63. The van der Waals surface area contributed by atoms with Crippen LogP contribution in [0.2, 0.25) is 0 Å². The Kier molecular flexibility index (Phi) is 7.68. The van der Waals surface area contributed by atoms with Crippen molar-refractivity contribution < 1.29 is 22.8 Å². The molecule has 2 aliphatic carbocycles. The van der Waals surface area contributed by atoms with Crippen molar-refractivity contribution in [1.82, 2.24) is 15.4 Å². The van der Waals surface area contributed by atoms with E-state index in [1.165, 1.54) is 0 Å². The van der Waals surface area contributed by atoms with Crippen molar-refractivity contribution in [2.75, 3.05) is 13.1 Å². The van der Waals surface area contributed by atoms with Gasteiger partial charge in [-0.05, 0) is 76.3 Å². The lowest BCUT2D eigenvalue weighted by Crippen LogP contribution is -2.58. The van der Waals surface area contributed by atoms with Gasteiger partial charge in [-0.3, -0.25) is 4.79 Å². The summed E-state index contributed by atoms with van der Waals surface area (Å²) in [4.78, 5) is 15.6. The summed E-state index contributed by atoms with van der Waals surface area (Å²) >= 11 is 0. The lowest BCUT2D eigenvalue weighted by atomic mass is 9.87. The van der Waals surface area contributed by atoms with Crippen LogP contribution in [0.1, 0.15) is 81.5 Å². The third kappa shape index (κ3) is 6.06. The normalized spacial score (nSPS) is 24.9. The molecule has 8 heteroatoms. The minimum absolute atomic E-state index is 0.0446. The van der Waals surface area contributed by atoms with Crippen LogP contribution in [0.4, 0.5) is 8.78 Å². The molecular formula is C29H39F2N3O3. The number of aryl methyl sites for hydroxylation is 1. The van der Waals surface area contributed by atoms with Crippen LogP contribution in [0.5, 0.6) is 0 Å². The molecule has 2 atom stereocenters. The number of nitrogens with one attached hydrogen (secondary N) is 1. The molecule has 37 heavy (non-hydrogen) atoms. The molecule has 202 valence electrons. The number of likely N-dealkylation sites (tertiary alicyclic amines) is 1. The molecule has 1 N–H and O–H groups in total. The number of benzene rings is 1. The Morgan fingerprint density at radius 2 is 1.97 bits per heavy atom. The summed E-state index contributed by atoms with van der Waals surface area (Å²) in [5.41, 5.74) is 3.67. The number of hydrogen-bond acceptors (Lipinski definition) is 5. The summed E-state index contributed by atoms with van der Waals surface area (Å²) in [6.45, 7) is 8.04. The second kappa shape index (κ2) is 10.8. The highest BCUT2D eigenvalue weighted by Gasteiger charge is 2.49. The largest absolute Gasteiger partial charge is 0.373 e. The smallest absolute Gasteiger partial charge is 0.270 e. The third-order valence-corrected chi connectivity index (χ3v) is 8.14. The van der Waals surface area contributed by atoms with E-state index in [2.05, 4.69) is 29.2 Å². The van der Waals surface area contributed by atoms with Gasteiger partial charge in [-0.2, -0.15) is 0 Å². The van der Waals surface area contributed by atoms with Gasteiger partial charge in [0, 0.05) is 37.2 Å². The summed E-state index contributed by atoms with van der Waals surface area (Å²) in [7, 11) is 0. The molecular weight excluding hydrogens is 476 g/mol. The first-order chi connectivity index (χ1) is 17.7. The highest BCUT2D eigenvalue weighted by atomic mass is 19.3. The number of nitrogens with zero attached hydrogens (tertiary/aromatic N) is 2. The zero-order chi connectivity index (χ0) is 26.2. The zero-order valence-electron chi connectivity index (χ0n) is 22.1. The molecule has 3 aliphatic rings. The van der Waals surface area contributed by atoms with Gasteiger partial charge in [0.1, 0.15) is 6.04 Å². The minimum atomic E-state index is -2.99. The molecule has 2 heterocycles. The molecule has 6 nitrogen and oxygen atoms in total. The van der Waals surface area contributed by atoms with Crippen LogP contribution in [-0.4, -0.2) is 59.3 Å². The van der Waals surface area contributed by atoms with Crippen LogP contribution in [0.3, 0.4) is 0 Å². The average Bonchev–Trinajstić information content (AvgIpc) is 3.60. The Hall–Kier alpha value is -2.32. The monoisotopic (exact) mass is 515 g/mol. The molecule has 2 aromatic rings. The molecule has 0 spiro atoms. The number of amides is 1. The summed E-state index contributed by atoms with van der Waals surface area (Å²) < 4.78 is 42.0. The third-order valence-electron chi connectivity index (χ3n) is 8.14. The highest BCUT2D eigenvalue weighted by molar-refractivity contribution is 5.81. The number of carbonyl (C=O) groups excluding carboxylic acids is 1. The van der Waals surface area contributed by atoms with Gasteiger partial charge in [0.05, 0.1) is 24.3 Å². The topological polar surface area (TPSA) is 67.6 Å². The Balaban J connectivity index is 1.29. The molecule has 1 amide bonds. The molecule has 1 aliphatic heterocycles. The van der Waals surface area contributed by atoms with E-state index in [4.69, 9.17) is 9.26 Å². The predicted molar refractivity (Wildman–Crippen MR) is 138 cm³/mol. The van der Waals surface area contributed by atoms with Crippen molar-refractivity contribution in [2.24, 2.45) is 0 Å². The van der Waals surface area contributed by atoms with Crippen molar-refractivity contribution >= 4 is 5.91 Å². The number of halogens is 2. The standard InChI is InChI=1S/C29H39F2N3O3/c1-18(2)34-14-11-22(12-15-34)36-24-8-5-13-29(30,31)28(24)32-26(35)17-21-6-4-7-23(27(21)20-9-10-20)25-16-19(3)33-37-25/h4,6-7,16,18,20,22,24,28H,5,8-15,17H2,1-3H3,(H,32,35)/t24-,28+/m0/s1. The van der Waals surface area contributed by atoms with Crippen LogP contribution < -0.4 is 5.32 Å². The summed E-state index contributed by atoms with van der Waals surface area (Å²) in [6.07, 6.45) is 3.81. The van der Waals surface area contributed by atoms with E-state index < -0.39 is 18.1 Å². The fourth-order valence-electron chi connectivity index (χ4n) is 5.98. The van der Waals surface area contributed by atoms with Crippen molar-refractivity contribution in [3.63, 3.8) is 0 Å². The second-order valence-corrected chi connectivity index (χ2v) is 11.4. The molecule has 2 saturated carbocycles. The van der Waals surface area contributed by atoms with Crippen LogP contribution in [0.15, 0.2) is 28.8 Å². The molecule has 0 radical (unpaired) electrons. The van der Waals surface area contributed by atoms with E-state index in [9.17, 15) is 4.79 Å². The first-order valence-electron chi connectivity index (χ1n) is 13.8. The van der Waals surface area contributed by atoms with Gasteiger partial charge in [-0.25, -0.2) is 8.78 Å². The quantitative estimate of drug-likeness (QED) is 0.493. The number of aromatic nitrogens is 1. The van der Waals surface area contributed by atoms with Crippen molar-refractivity contribution in [1.29, 1.82) is 0 Å². The number of rotatable bonds is 8. The SMILES string of the molecule is Cc1cc(-c2cccc(CC(=O)N[C@@H]3[C@@H](OC4CCN(C(C)C)CC4)CCCC3(F)F)c2C2CC2)on1. The second-order valence-electron chi connectivity index (χ2n) is 11.4. The Labute approximate surface area is 218 Å². The Morgan fingerprint density at radius 3 is 2.62 bits per heavy atom. The highest BCUT2D eigenvalue weighted by Crippen LogP contribution is 2.46. The summed E-state index contributed by atoms with van der Waals surface area (Å²) in [5.74, 6) is -2.34. The molecule has 1 aromatic heterocycles. The van der Waals surface area contributed by atoms with Gasteiger partial charge in [0.25, 0.3) is 5.92 Å². The summed E-state index contributed by atoms with van der Waals surface area (Å²) in [6, 6.07) is 6.86. The van der Waals surface area contributed by atoms with Gasteiger partial charge in [0.2, 0.25) is 5.91 Å². The van der Waals surface area contributed by atoms with E-state index in [0.29, 0.717) is 30.6 Å². The number of ether oxygens (including phenoxy) is 1. The maximum atomic E-state index is 15.1. The first kappa shape index (κ1) is 26.3. The molecule has 5 rings (SSSR count). The number of carbonyl (C=O) groups is 1. The van der Waals surface area contributed by atoms with E-state index in [0.717, 1.165) is 61.2 Å². The fourth-order valence-corrected chi connectivity index (χ4v) is 5.98. The van der Waals surface area contributed by atoms with Gasteiger partial charge in [0.15, 0.2) is 5.76 Å². The van der Waals surface area contributed by atoms with Gasteiger partial charge >= 0.3 is 0 Å². The maximum Gasteiger partial charge on any atom is 0.270 e. The molecule has 1 aromatic carbocycles. The molecule has 1 saturated heterocycles. The van der Waals surface area contributed by atoms with Crippen molar-refractivity contribution in [3.05, 3.63) is 41.1 Å². The van der Waals surface area contributed by atoms with Crippen LogP contribution >= 0.6 is 0 Å². The lowest BCUT2D eigenvalue weighted by molar-refractivity contribution is -0.157. The lowest BCUT2D eigenvalue weighted by Gasteiger charge is -2.42.